The number of H-pyrrole nitrogens is 1. The molecule has 5 rings (SSSR count). The van der Waals surface area contributed by atoms with Crippen molar-refractivity contribution in [2.45, 2.75) is 59.0 Å². The van der Waals surface area contributed by atoms with Gasteiger partial charge in [0.2, 0.25) is 0 Å². The second kappa shape index (κ2) is 9.37. The van der Waals surface area contributed by atoms with Crippen LogP contribution in [0.1, 0.15) is 57.3 Å². The number of rotatable bonds is 9. The molecule has 1 aliphatic rings. The number of pyridine rings is 1. The van der Waals surface area contributed by atoms with Gasteiger partial charge < -0.3 is 0 Å². The van der Waals surface area contributed by atoms with Gasteiger partial charge in [0, 0.05) is 35.3 Å². The standard InChI is InChI=1S/C26H31N7O/c1-4-5-8-19-16-33(24-13-22(24)17(2)3)26(34)32(19)15-18-11-12-23(27-14-18)20-9-6-7-10-21(20)25-28-30-31-29-25/h6-7,9-12,14,16-17,22,24H,4-5,8,13,15H2,1-3H3,(H,28,29,30,31). The van der Waals surface area contributed by atoms with E-state index < -0.39 is 0 Å². The molecule has 1 N–H and O–H groups in total. The first-order valence-corrected chi connectivity index (χ1v) is 12.2. The van der Waals surface area contributed by atoms with Crippen molar-refractivity contribution in [3.63, 3.8) is 0 Å². The highest BCUT2D eigenvalue weighted by atomic mass is 16.1. The Morgan fingerprint density at radius 3 is 2.62 bits per heavy atom. The van der Waals surface area contributed by atoms with Gasteiger partial charge in [-0.15, -0.1) is 5.10 Å². The maximum atomic E-state index is 13.4. The van der Waals surface area contributed by atoms with Gasteiger partial charge in [-0.3, -0.25) is 14.1 Å². The van der Waals surface area contributed by atoms with Crippen LogP contribution in [0.3, 0.4) is 0 Å². The van der Waals surface area contributed by atoms with Crippen LogP contribution in [0.2, 0.25) is 0 Å². The molecule has 0 bridgehead atoms. The van der Waals surface area contributed by atoms with Crippen molar-refractivity contribution in [2.24, 2.45) is 11.8 Å². The number of aromatic amines is 1. The summed E-state index contributed by atoms with van der Waals surface area (Å²) in [6, 6.07) is 12.3. The predicted octanol–water partition coefficient (Wildman–Crippen LogP) is 4.50. The van der Waals surface area contributed by atoms with Gasteiger partial charge in [0.25, 0.3) is 0 Å². The Kier molecular flexibility index (Phi) is 6.13. The number of hydrogen-bond acceptors (Lipinski definition) is 5. The Bertz CT molecular complexity index is 1300. The first-order valence-electron chi connectivity index (χ1n) is 12.2. The molecule has 2 atom stereocenters. The third-order valence-corrected chi connectivity index (χ3v) is 6.86. The van der Waals surface area contributed by atoms with Gasteiger partial charge in [-0.25, -0.2) is 9.89 Å². The van der Waals surface area contributed by atoms with Gasteiger partial charge in [-0.2, -0.15) is 0 Å². The van der Waals surface area contributed by atoms with Crippen molar-refractivity contribution in [3.8, 4) is 22.6 Å². The van der Waals surface area contributed by atoms with Crippen LogP contribution in [0.5, 0.6) is 0 Å². The summed E-state index contributed by atoms with van der Waals surface area (Å²) in [6.07, 6.45) is 8.17. The van der Waals surface area contributed by atoms with E-state index in [1.807, 2.05) is 45.7 Å². The first-order chi connectivity index (χ1) is 16.6. The third kappa shape index (κ3) is 4.32. The number of imidazole rings is 1. The van der Waals surface area contributed by atoms with Crippen LogP contribution in [0.15, 0.2) is 53.6 Å². The van der Waals surface area contributed by atoms with Gasteiger partial charge in [0.05, 0.1) is 12.2 Å². The molecule has 0 spiro atoms. The summed E-state index contributed by atoms with van der Waals surface area (Å²) in [6.45, 7) is 7.21. The molecule has 4 aromatic rings. The predicted molar refractivity (Wildman–Crippen MR) is 131 cm³/mol. The van der Waals surface area contributed by atoms with Crippen molar-refractivity contribution in [3.05, 3.63) is 70.5 Å². The smallest absolute Gasteiger partial charge is 0.296 e. The fourth-order valence-corrected chi connectivity index (χ4v) is 4.79. The number of aryl methyl sites for hydroxylation is 1. The van der Waals surface area contributed by atoms with Crippen LogP contribution in [0, 0.1) is 11.8 Å². The molecule has 1 saturated carbocycles. The Morgan fingerprint density at radius 1 is 1.15 bits per heavy atom. The Morgan fingerprint density at radius 2 is 1.97 bits per heavy atom. The lowest BCUT2D eigenvalue weighted by atomic mass is 10.0. The van der Waals surface area contributed by atoms with E-state index in [1.54, 1.807) is 0 Å². The molecule has 0 aliphatic heterocycles. The number of nitrogens with one attached hydrogen (secondary N) is 1. The van der Waals surface area contributed by atoms with Gasteiger partial charge in [0.1, 0.15) is 0 Å². The number of benzene rings is 1. The molecule has 8 heteroatoms. The van der Waals surface area contributed by atoms with Crippen molar-refractivity contribution < 1.29 is 0 Å². The molecule has 34 heavy (non-hydrogen) atoms. The molecular formula is C26H31N7O. The van der Waals surface area contributed by atoms with E-state index in [0.717, 1.165) is 53.8 Å². The quantitative estimate of drug-likeness (QED) is 0.399. The Labute approximate surface area is 199 Å². The number of unbranched alkanes of at least 4 members (excludes halogenated alkanes) is 1. The number of hydrogen-bond donors (Lipinski definition) is 1. The van der Waals surface area contributed by atoms with E-state index >= 15 is 0 Å². The summed E-state index contributed by atoms with van der Waals surface area (Å²) in [5.74, 6) is 1.81. The minimum atomic E-state index is 0.103. The largest absolute Gasteiger partial charge is 0.328 e. The molecule has 8 nitrogen and oxygen atoms in total. The average molecular weight is 458 g/mol. The van der Waals surface area contributed by atoms with Crippen LogP contribution in [0.25, 0.3) is 22.6 Å². The molecule has 3 heterocycles. The zero-order chi connectivity index (χ0) is 23.7. The van der Waals surface area contributed by atoms with E-state index in [9.17, 15) is 4.79 Å². The molecule has 3 aromatic heterocycles. The molecule has 0 saturated heterocycles. The summed E-state index contributed by atoms with van der Waals surface area (Å²) in [5.41, 5.74) is 4.92. The van der Waals surface area contributed by atoms with E-state index in [0.29, 0.717) is 30.2 Å². The summed E-state index contributed by atoms with van der Waals surface area (Å²) in [4.78, 5) is 18.1. The van der Waals surface area contributed by atoms with Crippen LogP contribution < -0.4 is 5.69 Å². The molecule has 176 valence electrons. The van der Waals surface area contributed by atoms with Crippen molar-refractivity contribution in [1.29, 1.82) is 0 Å². The molecule has 2 unspecified atom stereocenters. The van der Waals surface area contributed by atoms with Crippen molar-refractivity contribution in [2.75, 3.05) is 0 Å². The van der Waals surface area contributed by atoms with E-state index in [1.165, 1.54) is 0 Å². The molecule has 1 aliphatic carbocycles. The van der Waals surface area contributed by atoms with E-state index in [-0.39, 0.29) is 5.69 Å². The Hall–Kier alpha value is -3.55. The monoisotopic (exact) mass is 457 g/mol. The minimum Gasteiger partial charge on any atom is -0.296 e. The third-order valence-electron chi connectivity index (χ3n) is 6.86. The number of nitrogens with zero attached hydrogens (tertiary/aromatic N) is 6. The highest BCUT2D eigenvalue weighted by Crippen LogP contribution is 2.47. The molecule has 1 fully saturated rings. The number of tetrazole rings is 1. The van der Waals surface area contributed by atoms with Crippen LogP contribution in [0.4, 0.5) is 0 Å². The fourth-order valence-electron chi connectivity index (χ4n) is 4.79. The molecule has 0 radical (unpaired) electrons. The second-order valence-corrected chi connectivity index (χ2v) is 9.56. The second-order valence-electron chi connectivity index (χ2n) is 9.56. The lowest BCUT2D eigenvalue weighted by molar-refractivity contribution is 0.499. The summed E-state index contributed by atoms with van der Waals surface area (Å²) >= 11 is 0. The Balaban J connectivity index is 1.42. The maximum Gasteiger partial charge on any atom is 0.328 e. The topological polar surface area (TPSA) is 94.3 Å². The first kappa shape index (κ1) is 22.3. The normalized spacial score (nSPS) is 17.4. The minimum absolute atomic E-state index is 0.103. The zero-order valence-electron chi connectivity index (χ0n) is 20.0. The molecular weight excluding hydrogens is 426 g/mol. The van der Waals surface area contributed by atoms with Gasteiger partial charge in [-0.1, -0.05) is 57.5 Å². The lowest BCUT2D eigenvalue weighted by Crippen LogP contribution is -2.25. The maximum absolute atomic E-state index is 13.4. The molecule has 0 amide bonds. The fraction of sp³-hybridized carbons (Fsp3) is 0.423. The lowest BCUT2D eigenvalue weighted by Gasteiger charge is -2.09. The van der Waals surface area contributed by atoms with Crippen LogP contribution in [-0.4, -0.2) is 34.7 Å². The highest BCUT2D eigenvalue weighted by Gasteiger charge is 2.42. The van der Waals surface area contributed by atoms with Crippen molar-refractivity contribution >= 4 is 0 Å². The van der Waals surface area contributed by atoms with Gasteiger partial charge in [0.15, 0.2) is 5.82 Å². The zero-order valence-corrected chi connectivity index (χ0v) is 20.0. The number of aromatic nitrogens is 7. The summed E-state index contributed by atoms with van der Waals surface area (Å²) in [5, 5.41) is 14.2. The van der Waals surface area contributed by atoms with Crippen LogP contribution >= 0.6 is 0 Å². The van der Waals surface area contributed by atoms with Gasteiger partial charge in [-0.05, 0) is 53.2 Å². The van der Waals surface area contributed by atoms with Crippen LogP contribution in [-0.2, 0) is 13.0 Å². The molecule has 1 aromatic carbocycles. The summed E-state index contributed by atoms with van der Waals surface area (Å²) in [7, 11) is 0. The summed E-state index contributed by atoms with van der Waals surface area (Å²) < 4.78 is 3.93. The van der Waals surface area contributed by atoms with E-state index in [4.69, 9.17) is 4.98 Å². The average Bonchev–Trinajstić information content (AvgIpc) is 3.34. The van der Waals surface area contributed by atoms with Gasteiger partial charge >= 0.3 is 5.69 Å². The highest BCUT2D eigenvalue weighted by molar-refractivity contribution is 5.78. The van der Waals surface area contributed by atoms with E-state index in [2.05, 4.69) is 53.7 Å². The van der Waals surface area contributed by atoms with Crippen molar-refractivity contribution in [1.82, 2.24) is 34.7 Å². The SMILES string of the molecule is CCCCc1cn(C2CC2C(C)C)c(=O)n1Cc1ccc(-c2ccccc2-c2nnn[nH]2)nc1.